The fourth-order valence-electron chi connectivity index (χ4n) is 1.17. The summed E-state index contributed by atoms with van der Waals surface area (Å²) in [5.74, 6) is 0.129. The van der Waals surface area contributed by atoms with Crippen molar-refractivity contribution >= 4 is 17.7 Å². The summed E-state index contributed by atoms with van der Waals surface area (Å²) in [6.07, 6.45) is -1.00. The van der Waals surface area contributed by atoms with Crippen LogP contribution in [0.3, 0.4) is 0 Å². The molecule has 0 saturated heterocycles. The average Bonchev–Trinajstić information content (AvgIpc) is 2.14. The second-order valence-electron chi connectivity index (χ2n) is 3.14. The van der Waals surface area contributed by atoms with E-state index in [4.69, 9.17) is 16.7 Å². The van der Waals surface area contributed by atoms with E-state index in [-0.39, 0.29) is 5.92 Å². The molecule has 0 spiro atoms. The predicted molar refractivity (Wildman–Crippen MR) is 55.9 cm³/mol. The van der Waals surface area contributed by atoms with Crippen molar-refractivity contribution in [1.29, 1.82) is 0 Å². The van der Waals surface area contributed by atoms with Crippen molar-refractivity contribution in [3.05, 3.63) is 34.9 Å². The average molecular weight is 214 g/mol. The molecular formula is C10H12ClNO2. The molecule has 4 heteroatoms. The highest BCUT2D eigenvalue weighted by Gasteiger charge is 2.06. The number of halogens is 1. The van der Waals surface area contributed by atoms with Gasteiger partial charge in [-0.3, -0.25) is 0 Å². The van der Waals surface area contributed by atoms with Gasteiger partial charge in [0, 0.05) is 11.6 Å². The highest BCUT2D eigenvalue weighted by atomic mass is 35.5. The van der Waals surface area contributed by atoms with E-state index in [1.54, 1.807) is 6.07 Å². The largest absolute Gasteiger partial charge is 0.465 e. The Labute approximate surface area is 87.7 Å². The monoisotopic (exact) mass is 213 g/mol. The second-order valence-corrected chi connectivity index (χ2v) is 3.58. The molecule has 0 aliphatic heterocycles. The van der Waals surface area contributed by atoms with Crippen molar-refractivity contribution in [2.75, 3.05) is 6.54 Å². The number of rotatable bonds is 3. The molecule has 76 valence electrons. The number of carboxylic acid groups (broad SMARTS) is 1. The van der Waals surface area contributed by atoms with Gasteiger partial charge in [-0.1, -0.05) is 30.7 Å². The molecule has 0 saturated carbocycles. The highest BCUT2D eigenvalue weighted by molar-refractivity contribution is 6.30. The van der Waals surface area contributed by atoms with Crippen molar-refractivity contribution in [3.63, 3.8) is 0 Å². The maximum atomic E-state index is 10.3. The van der Waals surface area contributed by atoms with Gasteiger partial charge in [-0.25, -0.2) is 4.79 Å². The van der Waals surface area contributed by atoms with E-state index < -0.39 is 6.09 Å². The third kappa shape index (κ3) is 3.26. The first-order valence-electron chi connectivity index (χ1n) is 4.32. The van der Waals surface area contributed by atoms with E-state index in [0.717, 1.165) is 5.56 Å². The highest BCUT2D eigenvalue weighted by Crippen LogP contribution is 2.18. The molecule has 0 bridgehead atoms. The van der Waals surface area contributed by atoms with Gasteiger partial charge in [0.05, 0.1) is 0 Å². The van der Waals surface area contributed by atoms with Crippen LogP contribution in [0.1, 0.15) is 18.4 Å². The zero-order chi connectivity index (χ0) is 10.6. The molecule has 1 amide bonds. The molecule has 0 aliphatic rings. The summed E-state index contributed by atoms with van der Waals surface area (Å²) >= 11 is 5.81. The Balaban J connectivity index is 2.60. The van der Waals surface area contributed by atoms with E-state index in [0.29, 0.717) is 11.6 Å². The van der Waals surface area contributed by atoms with Crippen molar-refractivity contribution in [3.8, 4) is 0 Å². The summed E-state index contributed by atoms with van der Waals surface area (Å²) in [4.78, 5) is 10.3. The van der Waals surface area contributed by atoms with Gasteiger partial charge >= 0.3 is 6.09 Å². The van der Waals surface area contributed by atoms with Crippen LogP contribution in [0.2, 0.25) is 5.02 Å². The van der Waals surface area contributed by atoms with Crippen LogP contribution in [0.5, 0.6) is 0 Å². The summed E-state index contributed by atoms with van der Waals surface area (Å²) in [6.45, 7) is 2.34. The summed E-state index contributed by atoms with van der Waals surface area (Å²) < 4.78 is 0. The standard InChI is InChI=1S/C10H12ClNO2/c1-7(6-12-10(13)14)8-3-2-4-9(11)5-8/h2-5,7,12H,6H2,1H3,(H,13,14)/t7-/m0/s1. The molecule has 1 atom stereocenters. The zero-order valence-electron chi connectivity index (χ0n) is 7.83. The molecular weight excluding hydrogens is 202 g/mol. The molecule has 0 fully saturated rings. The number of benzene rings is 1. The first-order chi connectivity index (χ1) is 6.59. The van der Waals surface area contributed by atoms with Crippen LogP contribution in [0.25, 0.3) is 0 Å². The lowest BCUT2D eigenvalue weighted by Gasteiger charge is -2.11. The number of nitrogens with one attached hydrogen (secondary N) is 1. The first kappa shape index (κ1) is 10.9. The normalized spacial score (nSPS) is 12.1. The molecule has 3 nitrogen and oxygen atoms in total. The number of hydrogen-bond donors (Lipinski definition) is 2. The molecule has 1 aromatic rings. The smallest absolute Gasteiger partial charge is 0.404 e. The number of amides is 1. The van der Waals surface area contributed by atoms with E-state index in [9.17, 15) is 4.79 Å². The molecule has 0 aliphatic carbocycles. The Hall–Kier alpha value is -1.22. The van der Waals surface area contributed by atoms with Gasteiger partial charge < -0.3 is 10.4 Å². The van der Waals surface area contributed by atoms with Gasteiger partial charge in [0.1, 0.15) is 0 Å². The predicted octanol–water partition coefficient (Wildman–Crippen LogP) is 2.71. The van der Waals surface area contributed by atoms with Gasteiger partial charge in [0.15, 0.2) is 0 Å². The lowest BCUT2D eigenvalue weighted by molar-refractivity contribution is 0.194. The van der Waals surface area contributed by atoms with Crippen molar-refractivity contribution < 1.29 is 9.90 Å². The van der Waals surface area contributed by atoms with E-state index >= 15 is 0 Å². The van der Waals surface area contributed by atoms with Crippen LogP contribution < -0.4 is 5.32 Å². The van der Waals surface area contributed by atoms with Crippen LogP contribution in [0.4, 0.5) is 4.79 Å². The minimum atomic E-state index is -1.00. The summed E-state index contributed by atoms with van der Waals surface area (Å²) in [5.41, 5.74) is 1.03. The fourth-order valence-corrected chi connectivity index (χ4v) is 1.37. The van der Waals surface area contributed by atoms with Crippen molar-refractivity contribution in [1.82, 2.24) is 5.32 Å². The molecule has 1 aromatic carbocycles. The molecule has 2 N–H and O–H groups in total. The lowest BCUT2D eigenvalue weighted by Crippen LogP contribution is -2.25. The molecule has 14 heavy (non-hydrogen) atoms. The van der Waals surface area contributed by atoms with Gasteiger partial charge in [0.2, 0.25) is 0 Å². The molecule has 0 unspecified atom stereocenters. The minimum Gasteiger partial charge on any atom is -0.465 e. The van der Waals surface area contributed by atoms with Crippen LogP contribution >= 0.6 is 11.6 Å². The van der Waals surface area contributed by atoms with Gasteiger partial charge in [-0.2, -0.15) is 0 Å². The second kappa shape index (κ2) is 4.86. The SMILES string of the molecule is C[C@@H](CNC(=O)O)c1cccc(Cl)c1. The first-order valence-corrected chi connectivity index (χ1v) is 4.69. The van der Waals surface area contributed by atoms with Crippen molar-refractivity contribution in [2.45, 2.75) is 12.8 Å². The van der Waals surface area contributed by atoms with E-state index in [1.807, 2.05) is 25.1 Å². The van der Waals surface area contributed by atoms with E-state index in [2.05, 4.69) is 5.32 Å². The van der Waals surface area contributed by atoms with Crippen LogP contribution in [-0.2, 0) is 0 Å². The summed E-state index contributed by atoms with van der Waals surface area (Å²) in [5, 5.41) is 11.4. The molecule has 1 rings (SSSR count). The lowest BCUT2D eigenvalue weighted by atomic mass is 10.0. The van der Waals surface area contributed by atoms with Crippen LogP contribution in [-0.4, -0.2) is 17.7 Å². The van der Waals surface area contributed by atoms with Crippen molar-refractivity contribution in [2.24, 2.45) is 0 Å². The van der Waals surface area contributed by atoms with Gasteiger partial charge in [0.25, 0.3) is 0 Å². The molecule has 0 heterocycles. The van der Waals surface area contributed by atoms with Gasteiger partial charge in [-0.05, 0) is 23.6 Å². The summed E-state index contributed by atoms with van der Waals surface area (Å²) in [6, 6.07) is 7.42. The molecule has 0 aromatic heterocycles. The number of hydrogen-bond acceptors (Lipinski definition) is 1. The maximum absolute atomic E-state index is 10.3. The maximum Gasteiger partial charge on any atom is 0.404 e. The van der Waals surface area contributed by atoms with E-state index in [1.165, 1.54) is 0 Å². The summed E-state index contributed by atoms with van der Waals surface area (Å²) in [7, 11) is 0. The minimum absolute atomic E-state index is 0.129. The Kier molecular flexibility index (Phi) is 3.77. The fraction of sp³-hybridized carbons (Fsp3) is 0.300. The third-order valence-corrected chi connectivity index (χ3v) is 2.21. The Morgan fingerprint density at radius 2 is 2.36 bits per heavy atom. The Bertz CT molecular complexity index is 328. The number of carbonyl (C=O) groups is 1. The van der Waals surface area contributed by atoms with Crippen LogP contribution in [0.15, 0.2) is 24.3 Å². The van der Waals surface area contributed by atoms with Gasteiger partial charge in [-0.15, -0.1) is 0 Å². The van der Waals surface area contributed by atoms with Crippen LogP contribution in [0, 0.1) is 0 Å². The molecule has 0 radical (unpaired) electrons. The third-order valence-electron chi connectivity index (χ3n) is 1.98. The topological polar surface area (TPSA) is 49.3 Å². The Morgan fingerprint density at radius 1 is 1.64 bits per heavy atom. The Morgan fingerprint density at radius 3 is 2.93 bits per heavy atom. The zero-order valence-corrected chi connectivity index (χ0v) is 8.58. The quantitative estimate of drug-likeness (QED) is 0.811.